The molecule has 1 rings (SSSR count). The molecule has 0 amide bonds. The second kappa shape index (κ2) is 6.99. The average molecular weight is 227 g/mol. The number of aliphatic hydroxyl groups excluding tert-OH is 1. The Labute approximate surface area is 96.5 Å². The number of aliphatic hydroxyl groups is 1. The molecule has 0 aromatic carbocycles. The minimum atomic E-state index is 0.305. The van der Waals surface area contributed by atoms with Gasteiger partial charge in [-0.3, -0.25) is 0 Å². The molecule has 0 fully saturated rings. The molecule has 86 valence electrons. The van der Waals surface area contributed by atoms with Crippen LogP contribution >= 0.6 is 11.3 Å². The lowest BCUT2D eigenvalue weighted by Crippen LogP contribution is -2.29. The Bertz CT molecular complexity index is 244. The summed E-state index contributed by atoms with van der Waals surface area (Å²) in [5.41, 5.74) is 0. The Morgan fingerprint density at radius 1 is 1.53 bits per heavy atom. The van der Waals surface area contributed by atoms with Crippen molar-refractivity contribution in [3.8, 4) is 0 Å². The third-order valence-corrected chi connectivity index (χ3v) is 3.66. The predicted octanol–water partition coefficient (Wildman–Crippen LogP) is 2.24. The van der Waals surface area contributed by atoms with E-state index in [1.165, 1.54) is 4.88 Å². The molecule has 0 spiro atoms. The van der Waals surface area contributed by atoms with E-state index in [1.807, 2.05) is 11.3 Å². The number of rotatable bonds is 7. The van der Waals surface area contributed by atoms with E-state index < -0.39 is 0 Å². The number of thiophene rings is 1. The predicted molar refractivity (Wildman–Crippen MR) is 66.4 cm³/mol. The molecule has 0 bridgehead atoms. The molecule has 15 heavy (non-hydrogen) atoms. The molecule has 3 heteroatoms. The average Bonchev–Trinajstić information content (AvgIpc) is 2.75. The highest BCUT2D eigenvalue weighted by Gasteiger charge is 2.08. The Kier molecular flexibility index (Phi) is 5.91. The molecule has 0 saturated carbocycles. The van der Waals surface area contributed by atoms with E-state index >= 15 is 0 Å². The fourth-order valence-corrected chi connectivity index (χ4v) is 2.30. The Morgan fingerprint density at radius 2 is 2.33 bits per heavy atom. The Morgan fingerprint density at radius 3 is 2.87 bits per heavy atom. The summed E-state index contributed by atoms with van der Waals surface area (Å²) in [6.45, 7) is 4.52. The smallest absolute Gasteiger partial charge is 0.0471 e. The van der Waals surface area contributed by atoms with Crippen LogP contribution < -0.4 is 0 Å². The minimum Gasteiger partial charge on any atom is -0.396 e. The van der Waals surface area contributed by atoms with E-state index in [4.69, 9.17) is 5.11 Å². The van der Waals surface area contributed by atoms with Crippen molar-refractivity contribution >= 4 is 11.3 Å². The third-order valence-electron chi connectivity index (χ3n) is 2.73. The summed E-state index contributed by atoms with van der Waals surface area (Å²) in [5, 5.41) is 11.2. The van der Waals surface area contributed by atoms with Crippen LogP contribution in [0.5, 0.6) is 0 Å². The number of likely N-dealkylation sites (N-methyl/N-ethyl adjacent to an activating group) is 1. The van der Waals surface area contributed by atoms with Crippen molar-refractivity contribution in [2.75, 3.05) is 26.7 Å². The summed E-state index contributed by atoms with van der Waals surface area (Å²) >= 11 is 1.82. The van der Waals surface area contributed by atoms with Gasteiger partial charge in [-0.25, -0.2) is 0 Å². The molecule has 0 aliphatic carbocycles. The van der Waals surface area contributed by atoms with Crippen LogP contribution in [0.4, 0.5) is 0 Å². The van der Waals surface area contributed by atoms with Crippen LogP contribution in [-0.2, 0) is 6.42 Å². The number of hydrogen-bond donors (Lipinski definition) is 1. The van der Waals surface area contributed by atoms with Crippen molar-refractivity contribution < 1.29 is 5.11 Å². The van der Waals surface area contributed by atoms with E-state index in [0.29, 0.717) is 12.5 Å². The van der Waals surface area contributed by atoms with Crippen LogP contribution in [0.15, 0.2) is 17.5 Å². The molecule has 1 heterocycles. The summed E-state index contributed by atoms with van der Waals surface area (Å²) in [6.07, 6.45) is 2.18. The number of hydrogen-bond acceptors (Lipinski definition) is 3. The molecular formula is C12H21NOS. The molecule has 1 N–H and O–H groups in total. The normalized spacial score (nSPS) is 13.3. The first-order chi connectivity index (χ1) is 7.26. The molecule has 1 unspecified atom stereocenters. The Hall–Kier alpha value is -0.380. The van der Waals surface area contributed by atoms with Crippen LogP contribution in [0, 0.1) is 5.92 Å². The first-order valence-electron chi connectivity index (χ1n) is 5.58. The van der Waals surface area contributed by atoms with Crippen molar-refractivity contribution in [1.82, 2.24) is 4.90 Å². The van der Waals surface area contributed by atoms with Gasteiger partial charge in [0.1, 0.15) is 0 Å². The fraction of sp³-hybridized carbons (Fsp3) is 0.667. The van der Waals surface area contributed by atoms with Crippen molar-refractivity contribution in [2.24, 2.45) is 5.92 Å². The lowest BCUT2D eigenvalue weighted by Gasteiger charge is -2.21. The van der Waals surface area contributed by atoms with E-state index in [0.717, 1.165) is 25.9 Å². The first-order valence-corrected chi connectivity index (χ1v) is 6.46. The summed E-state index contributed by atoms with van der Waals surface area (Å²) in [6, 6.07) is 4.28. The van der Waals surface area contributed by atoms with Crippen LogP contribution in [0.2, 0.25) is 0 Å². The zero-order chi connectivity index (χ0) is 11.1. The van der Waals surface area contributed by atoms with Gasteiger partial charge in [0.2, 0.25) is 0 Å². The van der Waals surface area contributed by atoms with Crippen LogP contribution in [0.1, 0.15) is 18.2 Å². The minimum absolute atomic E-state index is 0.305. The monoisotopic (exact) mass is 227 g/mol. The van der Waals surface area contributed by atoms with Crippen LogP contribution in [-0.4, -0.2) is 36.8 Å². The van der Waals surface area contributed by atoms with Gasteiger partial charge in [0, 0.05) is 24.6 Å². The van der Waals surface area contributed by atoms with E-state index in [2.05, 4.69) is 36.4 Å². The summed E-state index contributed by atoms with van der Waals surface area (Å²) in [5.74, 6) is 0.429. The zero-order valence-corrected chi connectivity index (χ0v) is 10.5. The molecule has 0 saturated heterocycles. The van der Waals surface area contributed by atoms with Crippen molar-refractivity contribution in [3.63, 3.8) is 0 Å². The molecule has 1 atom stereocenters. The SMILES string of the molecule is CCC(CO)CN(C)CCc1cccs1. The molecule has 0 aliphatic heterocycles. The maximum Gasteiger partial charge on any atom is 0.0471 e. The largest absolute Gasteiger partial charge is 0.396 e. The summed E-state index contributed by atoms with van der Waals surface area (Å²) < 4.78 is 0. The molecule has 0 radical (unpaired) electrons. The second-order valence-electron chi connectivity index (χ2n) is 4.05. The highest BCUT2D eigenvalue weighted by molar-refractivity contribution is 7.09. The van der Waals surface area contributed by atoms with Gasteiger partial charge >= 0.3 is 0 Å². The van der Waals surface area contributed by atoms with Gasteiger partial charge < -0.3 is 10.0 Å². The van der Waals surface area contributed by atoms with Gasteiger partial charge in [-0.05, 0) is 37.3 Å². The van der Waals surface area contributed by atoms with Gasteiger partial charge in [0.05, 0.1) is 0 Å². The summed E-state index contributed by atoms with van der Waals surface area (Å²) in [7, 11) is 2.13. The van der Waals surface area contributed by atoms with Gasteiger partial charge in [-0.1, -0.05) is 13.0 Å². The standard InChI is InChI=1S/C12H21NOS/c1-3-11(10-14)9-13(2)7-6-12-5-4-8-15-12/h4-5,8,11,14H,3,6-7,9-10H2,1-2H3. The first kappa shape index (κ1) is 12.7. The summed E-state index contributed by atoms with van der Waals surface area (Å²) in [4.78, 5) is 3.75. The molecule has 1 aromatic heterocycles. The zero-order valence-electron chi connectivity index (χ0n) is 9.65. The topological polar surface area (TPSA) is 23.5 Å². The van der Waals surface area contributed by atoms with Gasteiger partial charge in [0.15, 0.2) is 0 Å². The molecular weight excluding hydrogens is 206 g/mol. The van der Waals surface area contributed by atoms with Crippen LogP contribution in [0.3, 0.4) is 0 Å². The van der Waals surface area contributed by atoms with Crippen molar-refractivity contribution in [2.45, 2.75) is 19.8 Å². The van der Waals surface area contributed by atoms with E-state index in [9.17, 15) is 0 Å². The lowest BCUT2D eigenvalue weighted by atomic mass is 10.1. The highest BCUT2D eigenvalue weighted by atomic mass is 32.1. The van der Waals surface area contributed by atoms with Crippen molar-refractivity contribution in [1.29, 1.82) is 0 Å². The van der Waals surface area contributed by atoms with Crippen LogP contribution in [0.25, 0.3) is 0 Å². The van der Waals surface area contributed by atoms with Gasteiger partial charge in [0.25, 0.3) is 0 Å². The highest BCUT2D eigenvalue weighted by Crippen LogP contribution is 2.10. The quantitative estimate of drug-likeness (QED) is 0.772. The van der Waals surface area contributed by atoms with E-state index in [1.54, 1.807) is 0 Å². The number of nitrogens with zero attached hydrogens (tertiary/aromatic N) is 1. The third kappa shape index (κ3) is 4.78. The van der Waals surface area contributed by atoms with Crippen molar-refractivity contribution in [3.05, 3.63) is 22.4 Å². The lowest BCUT2D eigenvalue weighted by molar-refractivity contribution is 0.177. The second-order valence-corrected chi connectivity index (χ2v) is 5.08. The maximum atomic E-state index is 9.10. The molecule has 0 aliphatic rings. The maximum absolute atomic E-state index is 9.10. The van der Waals surface area contributed by atoms with Gasteiger partial charge in [-0.2, -0.15) is 0 Å². The van der Waals surface area contributed by atoms with E-state index in [-0.39, 0.29) is 0 Å². The molecule has 2 nitrogen and oxygen atoms in total. The van der Waals surface area contributed by atoms with Gasteiger partial charge in [-0.15, -0.1) is 11.3 Å². The fourth-order valence-electron chi connectivity index (χ4n) is 1.60. The Balaban J connectivity index is 2.21. The molecule has 1 aromatic rings.